The van der Waals surface area contributed by atoms with Crippen LogP contribution in [0.2, 0.25) is 0 Å². The highest BCUT2D eigenvalue weighted by Crippen LogP contribution is 2.34. The van der Waals surface area contributed by atoms with Gasteiger partial charge in [-0.1, -0.05) is 0 Å². The minimum atomic E-state index is -4.68. The first-order chi connectivity index (χ1) is 13.4. The first-order valence-corrected chi connectivity index (χ1v) is 8.57. The van der Waals surface area contributed by atoms with Gasteiger partial charge in [-0.2, -0.15) is 18.4 Å². The lowest BCUT2D eigenvalue weighted by Crippen LogP contribution is -2.40. The lowest BCUT2D eigenvalue weighted by Gasteiger charge is -2.29. The normalized spacial score (nSPS) is 19.5. The van der Waals surface area contributed by atoms with Crippen LogP contribution < -0.4 is 10.1 Å². The Kier molecular flexibility index (Phi) is 5.73. The van der Waals surface area contributed by atoms with Gasteiger partial charge in [-0.3, -0.25) is 9.78 Å². The first-order valence-electron chi connectivity index (χ1n) is 8.57. The molecule has 2 aromatic rings. The van der Waals surface area contributed by atoms with Gasteiger partial charge in [-0.05, 0) is 31.7 Å². The van der Waals surface area contributed by atoms with E-state index >= 15 is 0 Å². The molecule has 0 bridgehead atoms. The SMILES string of the molecule is N#Cc1ncc(OC2CCC(NC(=O)c3cnccn3)CC2)cc1C(F)(F)F. The molecule has 1 fully saturated rings. The number of carbonyl (C=O) groups excluding carboxylic acids is 1. The maximum absolute atomic E-state index is 13.0. The number of amides is 1. The fourth-order valence-corrected chi connectivity index (χ4v) is 3.01. The minimum Gasteiger partial charge on any atom is -0.489 e. The van der Waals surface area contributed by atoms with Gasteiger partial charge in [-0.25, -0.2) is 9.97 Å². The molecule has 0 aliphatic heterocycles. The van der Waals surface area contributed by atoms with Crippen LogP contribution in [0.4, 0.5) is 13.2 Å². The first kappa shape index (κ1) is 19.5. The molecule has 0 radical (unpaired) electrons. The summed E-state index contributed by atoms with van der Waals surface area (Å²) in [6.07, 6.45) is 2.79. The summed E-state index contributed by atoms with van der Waals surface area (Å²) in [5, 5.41) is 11.7. The van der Waals surface area contributed by atoms with Gasteiger partial charge in [0.2, 0.25) is 0 Å². The van der Waals surface area contributed by atoms with Gasteiger partial charge < -0.3 is 10.1 Å². The van der Waals surface area contributed by atoms with E-state index in [0.717, 1.165) is 12.3 Å². The van der Waals surface area contributed by atoms with Crippen molar-refractivity contribution in [3.63, 3.8) is 0 Å². The highest BCUT2D eigenvalue weighted by molar-refractivity contribution is 5.92. The van der Waals surface area contributed by atoms with Crippen LogP contribution >= 0.6 is 0 Å². The van der Waals surface area contributed by atoms with Gasteiger partial charge in [0.05, 0.1) is 24.1 Å². The second kappa shape index (κ2) is 8.21. The van der Waals surface area contributed by atoms with E-state index in [0.29, 0.717) is 25.7 Å². The van der Waals surface area contributed by atoms with E-state index in [1.165, 1.54) is 24.7 Å². The van der Waals surface area contributed by atoms with Crippen molar-refractivity contribution in [1.82, 2.24) is 20.3 Å². The maximum Gasteiger partial charge on any atom is 0.419 e. The van der Waals surface area contributed by atoms with Crippen molar-refractivity contribution in [3.05, 3.63) is 47.8 Å². The van der Waals surface area contributed by atoms with E-state index in [9.17, 15) is 18.0 Å². The van der Waals surface area contributed by atoms with E-state index in [1.807, 2.05) is 0 Å². The second-order valence-corrected chi connectivity index (χ2v) is 6.33. The van der Waals surface area contributed by atoms with E-state index in [2.05, 4.69) is 20.3 Å². The van der Waals surface area contributed by atoms with Crippen LogP contribution in [-0.4, -0.2) is 33.0 Å². The molecule has 1 aliphatic carbocycles. The molecular formula is C18H16F3N5O2. The lowest BCUT2D eigenvalue weighted by molar-refractivity contribution is -0.138. The van der Waals surface area contributed by atoms with Crippen molar-refractivity contribution in [1.29, 1.82) is 5.26 Å². The number of nitrogens with one attached hydrogen (secondary N) is 1. The van der Waals surface area contributed by atoms with E-state index in [-0.39, 0.29) is 29.5 Å². The minimum absolute atomic E-state index is 0.0293. The molecule has 1 aliphatic rings. The second-order valence-electron chi connectivity index (χ2n) is 6.33. The fourth-order valence-electron chi connectivity index (χ4n) is 3.01. The Labute approximate surface area is 158 Å². The van der Waals surface area contributed by atoms with Crippen LogP contribution in [0.5, 0.6) is 5.75 Å². The maximum atomic E-state index is 13.0. The van der Waals surface area contributed by atoms with Crippen LogP contribution in [0.3, 0.4) is 0 Å². The Balaban J connectivity index is 1.56. The fraction of sp³-hybridized carbons (Fsp3) is 0.389. The summed E-state index contributed by atoms with van der Waals surface area (Å²) in [5.74, 6) is -0.345. The molecular weight excluding hydrogens is 375 g/mol. The van der Waals surface area contributed by atoms with Gasteiger partial charge >= 0.3 is 6.18 Å². The number of alkyl halides is 3. The predicted octanol–water partition coefficient (Wildman–Crippen LogP) is 2.88. The summed E-state index contributed by atoms with van der Waals surface area (Å²) in [5.41, 5.74) is -1.57. The molecule has 1 saturated carbocycles. The highest BCUT2D eigenvalue weighted by atomic mass is 19.4. The topological polar surface area (TPSA) is 101 Å². The molecule has 3 rings (SSSR count). The summed E-state index contributed by atoms with van der Waals surface area (Å²) < 4.78 is 44.7. The Morgan fingerprint density at radius 2 is 1.93 bits per heavy atom. The zero-order chi connectivity index (χ0) is 20.1. The summed E-state index contributed by atoms with van der Waals surface area (Å²) in [6.45, 7) is 0. The van der Waals surface area contributed by atoms with Crippen molar-refractivity contribution in [2.45, 2.75) is 44.0 Å². The molecule has 0 spiro atoms. The number of aromatic nitrogens is 3. The Morgan fingerprint density at radius 1 is 1.18 bits per heavy atom. The number of halogens is 3. The van der Waals surface area contributed by atoms with E-state index in [4.69, 9.17) is 10.00 Å². The molecule has 7 nitrogen and oxygen atoms in total. The summed E-state index contributed by atoms with van der Waals surface area (Å²) >= 11 is 0. The molecule has 0 unspecified atom stereocenters. The average Bonchev–Trinajstić information content (AvgIpc) is 2.69. The number of hydrogen-bond donors (Lipinski definition) is 1. The third-order valence-electron chi connectivity index (χ3n) is 4.38. The third kappa shape index (κ3) is 4.73. The molecule has 1 N–H and O–H groups in total. The molecule has 0 atom stereocenters. The monoisotopic (exact) mass is 391 g/mol. The number of hydrogen-bond acceptors (Lipinski definition) is 6. The van der Waals surface area contributed by atoms with Crippen LogP contribution in [0.15, 0.2) is 30.9 Å². The van der Waals surface area contributed by atoms with Gasteiger partial charge in [0.1, 0.15) is 17.5 Å². The predicted molar refractivity (Wildman–Crippen MR) is 90.1 cm³/mol. The smallest absolute Gasteiger partial charge is 0.419 e. The zero-order valence-corrected chi connectivity index (χ0v) is 14.6. The van der Waals surface area contributed by atoms with Crippen molar-refractivity contribution < 1.29 is 22.7 Å². The van der Waals surface area contributed by atoms with Crippen molar-refractivity contribution >= 4 is 5.91 Å². The third-order valence-corrected chi connectivity index (χ3v) is 4.38. The number of pyridine rings is 1. The number of carbonyl (C=O) groups is 1. The number of ether oxygens (including phenoxy) is 1. The molecule has 10 heteroatoms. The molecule has 28 heavy (non-hydrogen) atoms. The molecule has 1 amide bonds. The van der Waals surface area contributed by atoms with Crippen molar-refractivity contribution in [3.8, 4) is 11.8 Å². The van der Waals surface area contributed by atoms with Crippen LogP contribution in [0, 0.1) is 11.3 Å². The highest BCUT2D eigenvalue weighted by Gasteiger charge is 2.35. The van der Waals surface area contributed by atoms with Crippen LogP contribution in [0.1, 0.15) is 47.4 Å². The average molecular weight is 391 g/mol. The number of rotatable bonds is 4. The Bertz CT molecular complexity index is 875. The largest absolute Gasteiger partial charge is 0.489 e. The molecule has 2 aromatic heterocycles. The quantitative estimate of drug-likeness (QED) is 0.860. The summed E-state index contributed by atoms with van der Waals surface area (Å²) in [4.78, 5) is 23.4. The summed E-state index contributed by atoms with van der Waals surface area (Å²) in [6, 6.07) is 2.16. The number of nitriles is 1. The van der Waals surface area contributed by atoms with Gasteiger partial charge in [0, 0.05) is 18.4 Å². The van der Waals surface area contributed by atoms with Crippen molar-refractivity contribution in [2.75, 3.05) is 0 Å². The van der Waals surface area contributed by atoms with Gasteiger partial charge in [0.15, 0.2) is 5.69 Å². The van der Waals surface area contributed by atoms with E-state index in [1.54, 1.807) is 0 Å². The van der Waals surface area contributed by atoms with Gasteiger partial charge in [-0.15, -0.1) is 0 Å². The molecule has 2 heterocycles. The van der Waals surface area contributed by atoms with E-state index < -0.39 is 17.4 Å². The van der Waals surface area contributed by atoms with Crippen LogP contribution in [-0.2, 0) is 6.18 Å². The summed E-state index contributed by atoms with van der Waals surface area (Å²) in [7, 11) is 0. The molecule has 146 valence electrons. The van der Waals surface area contributed by atoms with Crippen LogP contribution in [0.25, 0.3) is 0 Å². The van der Waals surface area contributed by atoms with Crippen molar-refractivity contribution in [2.24, 2.45) is 0 Å². The number of nitrogens with zero attached hydrogens (tertiary/aromatic N) is 4. The zero-order valence-electron chi connectivity index (χ0n) is 14.6. The van der Waals surface area contributed by atoms with Gasteiger partial charge in [0.25, 0.3) is 5.91 Å². The standard InChI is InChI=1S/C18H16F3N5O2/c19-18(20,21)14-7-13(9-25-15(14)8-22)28-12-3-1-11(2-4-12)26-17(27)16-10-23-5-6-24-16/h5-7,9-12H,1-4H2,(H,26,27). The lowest BCUT2D eigenvalue weighted by atomic mass is 9.93. The Morgan fingerprint density at radius 3 is 2.54 bits per heavy atom. The molecule has 0 aromatic carbocycles. The molecule has 0 saturated heterocycles. The Hall–Kier alpha value is -3.22.